The number of rotatable bonds is 5. The summed E-state index contributed by atoms with van der Waals surface area (Å²) in [6, 6.07) is 0. The summed E-state index contributed by atoms with van der Waals surface area (Å²) in [5, 5.41) is 7.36. The molecule has 134 valence electrons. The van der Waals surface area contributed by atoms with Crippen LogP contribution in [-0.4, -0.2) is 25.7 Å². The summed E-state index contributed by atoms with van der Waals surface area (Å²) >= 11 is 0. The van der Waals surface area contributed by atoms with Crippen LogP contribution in [0.15, 0.2) is 0 Å². The smallest absolute Gasteiger partial charge is 0.220 e. The minimum Gasteiger partial charge on any atom is -0.349 e. The van der Waals surface area contributed by atoms with E-state index in [1.807, 2.05) is 32.5 Å². The average Bonchev–Trinajstić information content (AvgIpc) is 2.83. The monoisotopic (exact) mass is 341 g/mol. The molecule has 0 radical (unpaired) electrons. The van der Waals surface area contributed by atoms with Crippen molar-refractivity contribution < 1.29 is 4.79 Å². The molecule has 6 nitrogen and oxygen atoms in total. The quantitative estimate of drug-likeness (QED) is 0.905. The SMILES string of the molecule is Cc1nc(CNC(=O)CCc2c(C)nn(C)c2C)nc2c1CCCC2. The highest BCUT2D eigenvalue weighted by molar-refractivity contribution is 5.76. The lowest BCUT2D eigenvalue weighted by Gasteiger charge is -2.17. The molecule has 25 heavy (non-hydrogen) atoms. The maximum absolute atomic E-state index is 12.2. The Bertz CT molecular complexity index is 794. The predicted octanol–water partition coefficient (Wildman–Crippen LogP) is 2.26. The molecule has 0 saturated carbocycles. The van der Waals surface area contributed by atoms with Gasteiger partial charge in [0.2, 0.25) is 5.91 Å². The lowest BCUT2D eigenvalue weighted by atomic mass is 9.95. The van der Waals surface area contributed by atoms with Gasteiger partial charge in [-0.15, -0.1) is 0 Å². The molecule has 0 aromatic carbocycles. The van der Waals surface area contributed by atoms with Gasteiger partial charge in [0, 0.05) is 30.6 Å². The van der Waals surface area contributed by atoms with Gasteiger partial charge in [0.1, 0.15) is 5.82 Å². The third-order valence-electron chi connectivity index (χ3n) is 5.14. The lowest BCUT2D eigenvalue weighted by Crippen LogP contribution is -2.25. The molecule has 1 N–H and O–H groups in total. The van der Waals surface area contributed by atoms with Crippen LogP contribution in [0.25, 0.3) is 0 Å². The van der Waals surface area contributed by atoms with Crippen LogP contribution in [0.3, 0.4) is 0 Å². The van der Waals surface area contributed by atoms with Gasteiger partial charge in [-0.25, -0.2) is 9.97 Å². The fourth-order valence-corrected chi connectivity index (χ4v) is 3.61. The molecule has 6 heteroatoms. The third-order valence-corrected chi connectivity index (χ3v) is 5.14. The second-order valence-electron chi connectivity index (χ2n) is 6.91. The van der Waals surface area contributed by atoms with Gasteiger partial charge in [0.05, 0.1) is 12.2 Å². The second-order valence-corrected chi connectivity index (χ2v) is 6.91. The van der Waals surface area contributed by atoms with E-state index in [-0.39, 0.29) is 5.91 Å². The summed E-state index contributed by atoms with van der Waals surface area (Å²) in [7, 11) is 1.93. The van der Waals surface area contributed by atoms with E-state index in [2.05, 4.69) is 20.4 Å². The Kier molecular flexibility index (Phi) is 5.16. The van der Waals surface area contributed by atoms with Crippen molar-refractivity contribution in [1.82, 2.24) is 25.1 Å². The van der Waals surface area contributed by atoms with E-state index in [4.69, 9.17) is 0 Å². The Morgan fingerprint density at radius 2 is 1.88 bits per heavy atom. The zero-order valence-electron chi connectivity index (χ0n) is 15.6. The van der Waals surface area contributed by atoms with E-state index in [9.17, 15) is 4.79 Å². The first kappa shape index (κ1) is 17.6. The molecular formula is C19H27N5O. The molecule has 0 aliphatic heterocycles. The molecule has 1 aliphatic carbocycles. The summed E-state index contributed by atoms with van der Waals surface area (Å²) in [5.74, 6) is 0.752. The maximum Gasteiger partial charge on any atom is 0.220 e. The molecule has 1 amide bonds. The van der Waals surface area contributed by atoms with E-state index in [0.717, 1.165) is 35.7 Å². The third kappa shape index (κ3) is 3.89. The zero-order valence-corrected chi connectivity index (χ0v) is 15.6. The first-order valence-electron chi connectivity index (χ1n) is 9.06. The molecule has 1 aliphatic rings. The molecule has 3 rings (SSSR count). The number of aryl methyl sites for hydroxylation is 4. The summed E-state index contributed by atoms with van der Waals surface area (Å²) in [6.07, 6.45) is 5.69. The number of fused-ring (bicyclic) bond motifs is 1. The van der Waals surface area contributed by atoms with Gasteiger partial charge in [-0.3, -0.25) is 9.48 Å². The fraction of sp³-hybridized carbons (Fsp3) is 0.579. The number of nitrogens with zero attached hydrogens (tertiary/aromatic N) is 4. The predicted molar refractivity (Wildman–Crippen MR) is 96.3 cm³/mol. The Labute approximate surface area is 149 Å². The van der Waals surface area contributed by atoms with Gasteiger partial charge < -0.3 is 5.32 Å². The van der Waals surface area contributed by atoms with Crippen molar-refractivity contribution in [1.29, 1.82) is 0 Å². The van der Waals surface area contributed by atoms with Gasteiger partial charge in [0.25, 0.3) is 0 Å². The first-order chi connectivity index (χ1) is 12.0. The van der Waals surface area contributed by atoms with Crippen LogP contribution in [0.5, 0.6) is 0 Å². The van der Waals surface area contributed by atoms with Gasteiger partial charge in [-0.2, -0.15) is 5.10 Å². The van der Waals surface area contributed by atoms with Crippen molar-refractivity contribution in [3.05, 3.63) is 39.7 Å². The molecule has 2 aromatic rings. The average molecular weight is 341 g/mol. The van der Waals surface area contributed by atoms with E-state index in [1.165, 1.54) is 29.7 Å². The number of carbonyl (C=O) groups is 1. The topological polar surface area (TPSA) is 72.7 Å². The zero-order chi connectivity index (χ0) is 18.0. The van der Waals surface area contributed by atoms with Gasteiger partial charge in [-0.1, -0.05) is 0 Å². The largest absolute Gasteiger partial charge is 0.349 e. The highest BCUT2D eigenvalue weighted by Crippen LogP contribution is 2.21. The Hall–Kier alpha value is -2.24. The summed E-state index contributed by atoms with van der Waals surface area (Å²) in [4.78, 5) is 21.4. The minimum absolute atomic E-state index is 0.0293. The molecule has 0 fully saturated rings. The number of hydrogen-bond donors (Lipinski definition) is 1. The van der Waals surface area contributed by atoms with Gasteiger partial charge in [0.15, 0.2) is 0 Å². The summed E-state index contributed by atoms with van der Waals surface area (Å²) in [5.41, 5.74) is 6.84. The normalized spacial score (nSPS) is 13.6. The Balaban J connectivity index is 1.56. The van der Waals surface area contributed by atoms with E-state index in [0.29, 0.717) is 19.4 Å². The first-order valence-corrected chi connectivity index (χ1v) is 9.06. The van der Waals surface area contributed by atoms with Crippen molar-refractivity contribution in [3.63, 3.8) is 0 Å². The van der Waals surface area contributed by atoms with E-state index < -0.39 is 0 Å². The van der Waals surface area contributed by atoms with E-state index >= 15 is 0 Å². The van der Waals surface area contributed by atoms with Crippen molar-refractivity contribution >= 4 is 5.91 Å². The molecule has 0 spiro atoms. The summed E-state index contributed by atoms with van der Waals surface area (Å²) < 4.78 is 1.87. The maximum atomic E-state index is 12.2. The van der Waals surface area contributed by atoms with Crippen LogP contribution >= 0.6 is 0 Å². The van der Waals surface area contributed by atoms with Crippen LogP contribution in [0.2, 0.25) is 0 Å². The number of aromatic nitrogens is 4. The second kappa shape index (κ2) is 7.33. The Morgan fingerprint density at radius 1 is 1.12 bits per heavy atom. The van der Waals surface area contributed by atoms with Crippen LogP contribution in [0.4, 0.5) is 0 Å². The molecule has 2 heterocycles. The lowest BCUT2D eigenvalue weighted by molar-refractivity contribution is -0.121. The molecule has 0 saturated heterocycles. The van der Waals surface area contributed by atoms with Crippen LogP contribution in [0.1, 0.15) is 59.0 Å². The van der Waals surface area contributed by atoms with Crippen LogP contribution in [-0.2, 0) is 37.6 Å². The van der Waals surface area contributed by atoms with Crippen LogP contribution in [0, 0.1) is 20.8 Å². The molecule has 0 bridgehead atoms. The molecule has 0 atom stereocenters. The highest BCUT2D eigenvalue weighted by Gasteiger charge is 2.16. The Morgan fingerprint density at radius 3 is 2.60 bits per heavy atom. The molecule has 2 aromatic heterocycles. The minimum atomic E-state index is 0.0293. The van der Waals surface area contributed by atoms with Crippen molar-refractivity contribution in [2.24, 2.45) is 7.05 Å². The number of amides is 1. The highest BCUT2D eigenvalue weighted by atomic mass is 16.1. The number of hydrogen-bond acceptors (Lipinski definition) is 4. The number of nitrogens with one attached hydrogen (secondary N) is 1. The van der Waals surface area contributed by atoms with Crippen molar-refractivity contribution in [3.8, 4) is 0 Å². The van der Waals surface area contributed by atoms with Gasteiger partial charge in [-0.05, 0) is 64.0 Å². The van der Waals surface area contributed by atoms with E-state index in [1.54, 1.807) is 0 Å². The standard InChI is InChI=1S/C19H27N5O/c1-12-16-7-5-6-8-17(16)22-18(21-12)11-20-19(25)10-9-15-13(2)23-24(4)14(15)3/h5-11H2,1-4H3,(H,20,25). The fourth-order valence-electron chi connectivity index (χ4n) is 3.61. The number of carbonyl (C=O) groups excluding carboxylic acids is 1. The van der Waals surface area contributed by atoms with Gasteiger partial charge >= 0.3 is 0 Å². The summed E-state index contributed by atoms with van der Waals surface area (Å²) in [6.45, 7) is 6.48. The molecule has 0 unspecified atom stereocenters. The molecular weight excluding hydrogens is 314 g/mol. The van der Waals surface area contributed by atoms with Crippen molar-refractivity contribution in [2.75, 3.05) is 0 Å². The van der Waals surface area contributed by atoms with Crippen LogP contribution < -0.4 is 5.32 Å². The van der Waals surface area contributed by atoms with Crippen molar-refractivity contribution in [2.45, 2.75) is 65.8 Å².